The monoisotopic (exact) mass is 322 g/mol. The lowest BCUT2D eigenvalue weighted by molar-refractivity contribution is -0.940. The molecule has 2 saturated heterocycles. The fourth-order valence-corrected chi connectivity index (χ4v) is 3.82. The number of likely N-dealkylation sites (tertiary alicyclic amines) is 2. The van der Waals surface area contributed by atoms with Crippen molar-refractivity contribution in [2.24, 2.45) is 0 Å². The zero-order valence-corrected chi connectivity index (χ0v) is 13.4. The van der Waals surface area contributed by atoms with Gasteiger partial charge in [0.2, 0.25) is 23.6 Å². The number of carbonyl (C=O) groups is 4. The number of quaternary nitrogens is 1. The maximum absolute atomic E-state index is 11.9. The van der Waals surface area contributed by atoms with Crippen molar-refractivity contribution in [3.8, 4) is 0 Å². The molecule has 126 valence electrons. The number of amides is 4. The quantitative estimate of drug-likeness (QED) is 0.687. The SMILES string of the molecule is O=C1CCC(=O)N1C[NH+](CN1C(=O)CCC1=O)C1CCCCC1. The summed E-state index contributed by atoms with van der Waals surface area (Å²) in [6.07, 6.45) is 6.58. The maximum Gasteiger partial charge on any atom is 0.234 e. The topological polar surface area (TPSA) is 79.2 Å². The van der Waals surface area contributed by atoms with Gasteiger partial charge in [-0.2, -0.15) is 0 Å². The van der Waals surface area contributed by atoms with E-state index in [-0.39, 0.29) is 62.6 Å². The lowest BCUT2D eigenvalue weighted by Gasteiger charge is -2.34. The van der Waals surface area contributed by atoms with Crippen molar-refractivity contribution in [3.63, 3.8) is 0 Å². The number of hydrogen-bond acceptors (Lipinski definition) is 4. The van der Waals surface area contributed by atoms with Crippen LogP contribution in [0.15, 0.2) is 0 Å². The number of rotatable bonds is 5. The molecule has 7 nitrogen and oxygen atoms in total. The average Bonchev–Trinajstić information content (AvgIpc) is 3.04. The van der Waals surface area contributed by atoms with Gasteiger partial charge in [-0.1, -0.05) is 6.42 Å². The van der Waals surface area contributed by atoms with E-state index in [1.165, 1.54) is 16.2 Å². The first-order chi connectivity index (χ1) is 11.1. The summed E-state index contributed by atoms with van der Waals surface area (Å²) in [5, 5.41) is 0. The molecule has 0 aromatic carbocycles. The third-order valence-corrected chi connectivity index (χ3v) is 5.21. The predicted molar refractivity (Wildman–Crippen MR) is 79.7 cm³/mol. The molecule has 3 aliphatic rings. The number of imide groups is 2. The fraction of sp³-hybridized carbons (Fsp3) is 0.750. The van der Waals surface area contributed by atoms with Gasteiger partial charge in [0.1, 0.15) is 0 Å². The summed E-state index contributed by atoms with van der Waals surface area (Å²) in [5.74, 6) is -0.547. The average molecular weight is 322 g/mol. The second-order valence-corrected chi connectivity index (χ2v) is 6.74. The summed E-state index contributed by atoms with van der Waals surface area (Å²) in [6, 6.07) is 0.297. The second kappa shape index (κ2) is 6.78. The van der Waals surface area contributed by atoms with E-state index in [0.717, 1.165) is 30.6 Å². The Bertz CT molecular complexity index is 457. The van der Waals surface area contributed by atoms with Crippen LogP contribution >= 0.6 is 0 Å². The van der Waals surface area contributed by atoms with Crippen LogP contribution in [-0.4, -0.2) is 52.8 Å². The van der Waals surface area contributed by atoms with Gasteiger partial charge in [-0.25, -0.2) is 9.80 Å². The van der Waals surface area contributed by atoms with Crippen LogP contribution in [-0.2, 0) is 19.2 Å². The molecule has 0 unspecified atom stereocenters. The third kappa shape index (κ3) is 3.44. The Kier molecular flexibility index (Phi) is 4.75. The minimum atomic E-state index is -0.137. The Morgan fingerprint density at radius 2 is 1.09 bits per heavy atom. The summed E-state index contributed by atoms with van der Waals surface area (Å²) in [5.41, 5.74) is 0. The molecule has 0 bridgehead atoms. The molecule has 0 atom stereocenters. The molecule has 2 heterocycles. The molecule has 2 aliphatic heterocycles. The van der Waals surface area contributed by atoms with E-state index in [4.69, 9.17) is 0 Å². The molecule has 7 heteroatoms. The Labute approximate surface area is 135 Å². The van der Waals surface area contributed by atoms with Gasteiger partial charge >= 0.3 is 0 Å². The molecular weight excluding hydrogens is 298 g/mol. The van der Waals surface area contributed by atoms with E-state index >= 15 is 0 Å². The van der Waals surface area contributed by atoms with Gasteiger partial charge in [0.05, 0.1) is 6.04 Å². The Morgan fingerprint density at radius 3 is 1.48 bits per heavy atom. The largest absolute Gasteiger partial charge is 0.297 e. The molecule has 0 aromatic heterocycles. The Balaban J connectivity index is 1.73. The van der Waals surface area contributed by atoms with Crippen molar-refractivity contribution in [2.75, 3.05) is 13.3 Å². The van der Waals surface area contributed by atoms with Crippen LogP contribution in [0.2, 0.25) is 0 Å². The highest BCUT2D eigenvalue weighted by atomic mass is 16.2. The van der Waals surface area contributed by atoms with Crippen LogP contribution in [0, 0.1) is 0 Å². The first-order valence-electron chi connectivity index (χ1n) is 8.57. The molecule has 3 rings (SSSR count). The molecule has 23 heavy (non-hydrogen) atoms. The highest BCUT2D eigenvalue weighted by Crippen LogP contribution is 2.17. The van der Waals surface area contributed by atoms with E-state index in [0.29, 0.717) is 6.04 Å². The summed E-state index contributed by atoms with van der Waals surface area (Å²) < 4.78 is 0. The molecule has 0 radical (unpaired) electrons. The van der Waals surface area contributed by atoms with E-state index in [1.807, 2.05) is 0 Å². The lowest BCUT2D eigenvalue weighted by Crippen LogP contribution is -3.18. The second-order valence-electron chi connectivity index (χ2n) is 6.74. The van der Waals surface area contributed by atoms with Crippen molar-refractivity contribution in [1.82, 2.24) is 9.80 Å². The molecule has 1 N–H and O–H groups in total. The minimum absolute atomic E-state index is 0.137. The van der Waals surface area contributed by atoms with Gasteiger partial charge in [0.15, 0.2) is 13.3 Å². The van der Waals surface area contributed by atoms with Gasteiger partial charge in [0, 0.05) is 25.7 Å². The third-order valence-electron chi connectivity index (χ3n) is 5.21. The van der Waals surface area contributed by atoms with Gasteiger partial charge in [-0.15, -0.1) is 0 Å². The number of hydrogen-bond donors (Lipinski definition) is 1. The van der Waals surface area contributed by atoms with E-state index in [1.54, 1.807) is 0 Å². The zero-order chi connectivity index (χ0) is 16.4. The molecule has 1 aliphatic carbocycles. The van der Waals surface area contributed by atoms with E-state index in [2.05, 4.69) is 0 Å². The number of nitrogens with one attached hydrogen (secondary N) is 1. The maximum atomic E-state index is 11.9. The van der Waals surface area contributed by atoms with Gasteiger partial charge in [0.25, 0.3) is 0 Å². The van der Waals surface area contributed by atoms with Crippen LogP contribution < -0.4 is 4.90 Å². The number of nitrogens with zero attached hydrogens (tertiary/aromatic N) is 2. The van der Waals surface area contributed by atoms with Crippen LogP contribution in [0.5, 0.6) is 0 Å². The zero-order valence-electron chi connectivity index (χ0n) is 13.4. The smallest absolute Gasteiger partial charge is 0.234 e. The normalized spacial score (nSPS) is 23.7. The highest BCUT2D eigenvalue weighted by Gasteiger charge is 2.38. The Morgan fingerprint density at radius 1 is 0.696 bits per heavy atom. The van der Waals surface area contributed by atoms with Crippen molar-refractivity contribution in [1.29, 1.82) is 0 Å². The summed E-state index contributed by atoms with van der Waals surface area (Å²) >= 11 is 0. The molecular formula is C16H24N3O4+. The van der Waals surface area contributed by atoms with Gasteiger partial charge in [-0.3, -0.25) is 24.1 Å². The highest BCUT2D eigenvalue weighted by molar-refractivity contribution is 6.02. The first kappa shape index (κ1) is 16.1. The van der Waals surface area contributed by atoms with Crippen molar-refractivity contribution in [2.45, 2.75) is 63.8 Å². The van der Waals surface area contributed by atoms with Crippen LogP contribution in [0.4, 0.5) is 0 Å². The van der Waals surface area contributed by atoms with Crippen LogP contribution in [0.1, 0.15) is 57.8 Å². The minimum Gasteiger partial charge on any atom is -0.297 e. The van der Waals surface area contributed by atoms with E-state index in [9.17, 15) is 19.2 Å². The molecule has 4 amide bonds. The summed E-state index contributed by atoms with van der Waals surface area (Å²) in [7, 11) is 0. The summed E-state index contributed by atoms with van der Waals surface area (Å²) in [6.45, 7) is 0.554. The van der Waals surface area contributed by atoms with Crippen LogP contribution in [0.3, 0.4) is 0 Å². The predicted octanol–water partition coefficient (Wildman–Crippen LogP) is -0.583. The molecule has 0 aromatic rings. The molecule has 1 saturated carbocycles. The summed E-state index contributed by atoms with van der Waals surface area (Å²) in [4.78, 5) is 51.3. The van der Waals surface area contributed by atoms with Gasteiger partial charge in [-0.05, 0) is 25.7 Å². The van der Waals surface area contributed by atoms with E-state index < -0.39 is 0 Å². The molecule has 0 spiro atoms. The first-order valence-corrected chi connectivity index (χ1v) is 8.57. The standard InChI is InChI=1S/C16H23N3O4/c20-13-6-7-14(21)18(13)10-17(12-4-2-1-3-5-12)11-19-15(22)8-9-16(19)23/h12H,1-11H2/p+1. The van der Waals surface area contributed by atoms with Crippen LogP contribution in [0.25, 0.3) is 0 Å². The van der Waals surface area contributed by atoms with Crippen molar-refractivity contribution in [3.05, 3.63) is 0 Å². The number of carbonyl (C=O) groups excluding carboxylic acids is 4. The lowest BCUT2D eigenvalue weighted by atomic mass is 9.94. The van der Waals surface area contributed by atoms with Crippen molar-refractivity contribution < 1.29 is 24.1 Å². The van der Waals surface area contributed by atoms with Gasteiger partial charge < -0.3 is 0 Å². The molecule has 3 fully saturated rings. The van der Waals surface area contributed by atoms with Crippen molar-refractivity contribution >= 4 is 23.6 Å². The Hall–Kier alpha value is -1.76. The fourth-order valence-electron chi connectivity index (χ4n) is 3.82.